The number of aromatic nitrogens is 2. The van der Waals surface area contributed by atoms with E-state index >= 15 is 0 Å². The Morgan fingerprint density at radius 1 is 1.05 bits per heavy atom. The minimum Gasteiger partial charge on any atom is -0.454 e. The lowest BCUT2D eigenvalue weighted by Gasteiger charge is -2.19. The third-order valence-corrected chi connectivity index (χ3v) is 3.42. The van der Waals surface area contributed by atoms with E-state index < -0.39 is 0 Å². The van der Waals surface area contributed by atoms with Crippen molar-refractivity contribution in [2.75, 3.05) is 0 Å². The molecule has 19 heavy (non-hydrogen) atoms. The highest BCUT2D eigenvalue weighted by atomic mass is 16.5. The maximum Gasteiger partial charge on any atom is 0.149 e. The molecule has 0 spiro atoms. The van der Waals surface area contributed by atoms with E-state index in [0.29, 0.717) is 0 Å². The van der Waals surface area contributed by atoms with E-state index in [1.807, 2.05) is 18.3 Å². The summed E-state index contributed by atoms with van der Waals surface area (Å²) in [6.45, 7) is 6.54. The predicted molar refractivity (Wildman–Crippen MR) is 74.7 cm³/mol. The second kappa shape index (κ2) is 4.34. The minimum absolute atomic E-state index is 0.0652. The smallest absolute Gasteiger partial charge is 0.149 e. The van der Waals surface area contributed by atoms with E-state index in [4.69, 9.17) is 9.72 Å². The third-order valence-electron chi connectivity index (χ3n) is 3.42. The Bertz CT molecular complexity index is 614. The van der Waals surface area contributed by atoms with Crippen LogP contribution < -0.4 is 4.74 Å². The van der Waals surface area contributed by atoms with E-state index in [1.165, 1.54) is 5.56 Å². The highest BCUT2D eigenvalue weighted by Gasteiger charge is 2.20. The maximum absolute atomic E-state index is 5.95. The molecular weight excluding hydrogens is 236 g/mol. The molecule has 0 radical (unpaired) electrons. The van der Waals surface area contributed by atoms with Crippen LogP contribution in [0, 0.1) is 0 Å². The average Bonchev–Trinajstić information content (AvgIpc) is 2.55. The van der Waals surface area contributed by atoms with Crippen molar-refractivity contribution in [3.8, 4) is 11.5 Å². The molecule has 0 atom stereocenters. The van der Waals surface area contributed by atoms with Crippen molar-refractivity contribution >= 4 is 0 Å². The summed E-state index contributed by atoms with van der Waals surface area (Å²) >= 11 is 0. The summed E-state index contributed by atoms with van der Waals surface area (Å²) in [6, 6.07) is 6.11. The van der Waals surface area contributed by atoms with E-state index in [9.17, 15) is 0 Å². The summed E-state index contributed by atoms with van der Waals surface area (Å²) in [4.78, 5) is 8.91. The summed E-state index contributed by atoms with van der Waals surface area (Å²) in [5.74, 6) is 1.71. The van der Waals surface area contributed by atoms with Gasteiger partial charge in [-0.25, -0.2) is 0 Å². The van der Waals surface area contributed by atoms with E-state index in [2.05, 4.69) is 31.8 Å². The summed E-state index contributed by atoms with van der Waals surface area (Å²) in [5, 5.41) is 0. The lowest BCUT2D eigenvalue weighted by Crippen LogP contribution is -2.14. The number of aryl methyl sites for hydroxylation is 2. The molecule has 3 nitrogen and oxygen atoms in total. The minimum atomic E-state index is 0.0652. The Balaban J connectivity index is 2.02. The number of hydrogen-bond acceptors (Lipinski definition) is 3. The van der Waals surface area contributed by atoms with Crippen molar-refractivity contribution in [3.63, 3.8) is 0 Å². The molecular formula is C16H18N2O. The Morgan fingerprint density at radius 3 is 2.68 bits per heavy atom. The van der Waals surface area contributed by atoms with Crippen LogP contribution >= 0.6 is 0 Å². The third kappa shape index (κ3) is 2.33. The lowest BCUT2D eigenvalue weighted by atomic mass is 9.91. The fourth-order valence-electron chi connectivity index (χ4n) is 2.26. The second-order valence-electron chi connectivity index (χ2n) is 5.98. The Hall–Kier alpha value is -1.90. The quantitative estimate of drug-likeness (QED) is 0.719. The van der Waals surface area contributed by atoms with Crippen LogP contribution in [0.15, 0.2) is 30.6 Å². The first kappa shape index (κ1) is 12.2. The molecule has 2 aromatic heterocycles. The van der Waals surface area contributed by atoms with Gasteiger partial charge in [-0.1, -0.05) is 20.8 Å². The highest BCUT2D eigenvalue weighted by molar-refractivity contribution is 5.42. The molecule has 0 bridgehead atoms. The van der Waals surface area contributed by atoms with Crippen molar-refractivity contribution in [2.45, 2.75) is 39.0 Å². The Labute approximate surface area is 113 Å². The first-order chi connectivity index (χ1) is 9.04. The zero-order valence-corrected chi connectivity index (χ0v) is 11.6. The molecule has 3 rings (SSSR count). The first-order valence-electron chi connectivity index (χ1n) is 6.65. The number of fused-ring (bicyclic) bond motifs is 2. The van der Waals surface area contributed by atoms with Gasteiger partial charge in [-0.05, 0) is 36.6 Å². The molecule has 1 aliphatic rings. The Morgan fingerprint density at radius 2 is 1.89 bits per heavy atom. The molecule has 0 aromatic carbocycles. The van der Waals surface area contributed by atoms with Crippen LogP contribution in [0.1, 0.15) is 37.7 Å². The van der Waals surface area contributed by atoms with Crippen LogP contribution in [0.2, 0.25) is 0 Å². The highest BCUT2D eigenvalue weighted by Crippen LogP contribution is 2.33. The molecule has 0 saturated heterocycles. The molecule has 0 amide bonds. The molecule has 0 unspecified atom stereocenters. The van der Waals surface area contributed by atoms with Gasteiger partial charge in [0.1, 0.15) is 11.5 Å². The van der Waals surface area contributed by atoms with Gasteiger partial charge in [0.25, 0.3) is 0 Å². The topological polar surface area (TPSA) is 35.0 Å². The average molecular weight is 254 g/mol. The summed E-state index contributed by atoms with van der Waals surface area (Å²) in [6.07, 6.45) is 5.45. The normalized spacial score (nSPS) is 14.1. The van der Waals surface area contributed by atoms with Crippen molar-refractivity contribution < 1.29 is 4.74 Å². The molecule has 0 saturated carbocycles. The lowest BCUT2D eigenvalue weighted by molar-refractivity contribution is 0.470. The van der Waals surface area contributed by atoms with Gasteiger partial charge in [0.2, 0.25) is 0 Å². The first-order valence-corrected chi connectivity index (χ1v) is 6.65. The number of ether oxygens (including phenoxy) is 1. The van der Waals surface area contributed by atoms with Crippen molar-refractivity contribution in [1.29, 1.82) is 0 Å². The maximum atomic E-state index is 5.95. The van der Waals surface area contributed by atoms with E-state index in [-0.39, 0.29) is 5.41 Å². The van der Waals surface area contributed by atoms with E-state index in [1.54, 1.807) is 6.20 Å². The molecule has 2 aromatic rings. The van der Waals surface area contributed by atoms with Crippen LogP contribution in [0.4, 0.5) is 0 Å². The van der Waals surface area contributed by atoms with Gasteiger partial charge >= 0.3 is 0 Å². The standard InChI is InChI=1S/C16H18N2O/c1-16(2,3)15-7-6-13-12(18-15)5-4-11-8-9-17-10-14(11)19-13/h6-10H,4-5H2,1-3H3. The predicted octanol–water partition coefficient (Wildman–Crippen LogP) is 3.67. The number of hydrogen-bond donors (Lipinski definition) is 0. The number of pyridine rings is 2. The summed E-state index contributed by atoms with van der Waals surface area (Å²) in [5.41, 5.74) is 3.42. The molecule has 0 fully saturated rings. The number of nitrogens with zero attached hydrogens (tertiary/aromatic N) is 2. The van der Waals surface area contributed by atoms with Gasteiger partial charge in [-0.3, -0.25) is 9.97 Å². The Kier molecular flexibility index (Phi) is 2.77. The van der Waals surface area contributed by atoms with Gasteiger partial charge in [-0.2, -0.15) is 0 Å². The molecule has 98 valence electrons. The fraction of sp³-hybridized carbons (Fsp3) is 0.375. The van der Waals surface area contributed by atoms with Crippen LogP contribution in [0.3, 0.4) is 0 Å². The van der Waals surface area contributed by atoms with Gasteiger partial charge in [0, 0.05) is 17.3 Å². The zero-order chi connectivity index (χ0) is 13.5. The molecule has 0 aliphatic carbocycles. The molecule has 3 heteroatoms. The second-order valence-corrected chi connectivity index (χ2v) is 5.98. The van der Waals surface area contributed by atoms with Crippen LogP contribution in [0.25, 0.3) is 0 Å². The van der Waals surface area contributed by atoms with Gasteiger partial charge in [0.15, 0.2) is 0 Å². The zero-order valence-electron chi connectivity index (χ0n) is 11.6. The van der Waals surface area contributed by atoms with Crippen LogP contribution in [-0.4, -0.2) is 9.97 Å². The van der Waals surface area contributed by atoms with Crippen LogP contribution in [0.5, 0.6) is 11.5 Å². The van der Waals surface area contributed by atoms with Crippen molar-refractivity contribution in [3.05, 3.63) is 47.5 Å². The van der Waals surface area contributed by atoms with E-state index in [0.717, 1.165) is 35.7 Å². The molecule has 3 heterocycles. The largest absolute Gasteiger partial charge is 0.454 e. The van der Waals surface area contributed by atoms with Crippen LogP contribution in [-0.2, 0) is 18.3 Å². The number of rotatable bonds is 0. The summed E-state index contributed by atoms with van der Waals surface area (Å²) in [7, 11) is 0. The monoisotopic (exact) mass is 254 g/mol. The fourth-order valence-corrected chi connectivity index (χ4v) is 2.26. The van der Waals surface area contributed by atoms with Crippen molar-refractivity contribution in [1.82, 2.24) is 9.97 Å². The molecule has 0 N–H and O–H groups in total. The SMILES string of the molecule is CC(C)(C)c1ccc2c(n1)CCc1ccncc1O2. The van der Waals surface area contributed by atoms with Gasteiger partial charge < -0.3 is 4.74 Å². The van der Waals surface area contributed by atoms with Gasteiger partial charge in [0.05, 0.1) is 11.9 Å². The van der Waals surface area contributed by atoms with Gasteiger partial charge in [-0.15, -0.1) is 0 Å². The van der Waals surface area contributed by atoms with Crippen molar-refractivity contribution in [2.24, 2.45) is 0 Å². The molecule has 1 aliphatic heterocycles. The summed E-state index contributed by atoms with van der Waals surface area (Å²) < 4.78 is 5.95.